The number of nitrogens with zero attached hydrogens (tertiary/aromatic N) is 2. The highest BCUT2D eigenvalue weighted by Crippen LogP contribution is 2.47. The van der Waals surface area contributed by atoms with Gasteiger partial charge in [0.05, 0.1) is 16.1 Å². The van der Waals surface area contributed by atoms with E-state index in [-0.39, 0.29) is 0 Å². The van der Waals surface area contributed by atoms with Crippen LogP contribution in [0, 0.1) is 0 Å². The molecule has 3 heterocycles. The summed E-state index contributed by atoms with van der Waals surface area (Å²) >= 11 is 7.23. The predicted molar refractivity (Wildman–Crippen MR) is 84.3 cm³/mol. The van der Waals surface area contributed by atoms with E-state index in [1.807, 2.05) is 0 Å². The highest BCUT2D eigenvalue weighted by Gasteiger charge is 2.32. The molecule has 18 heavy (non-hydrogen) atoms. The van der Waals surface area contributed by atoms with E-state index in [9.17, 15) is 0 Å². The highest BCUT2D eigenvalue weighted by molar-refractivity contribution is 9.14. The molecule has 2 aliphatic rings. The number of hydrogen-bond donors (Lipinski definition) is 0. The van der Waals surface area contributed by atoms with Gasteiger partial charge < -0.3 is 4.90 Å². The number of amidine groups is 1. The largest absolute Gasteiger partial charge is 0.317 e. The molecule has 0 saturated heterocycles. The third-order valence-corrected chi connectivity index (χ3v) is 5.90. The van der Waals surface area contributed by atoms with Gasteiger partial charge in [0.2, 0.25) is 0 Å². The van der Waals surface area contributed by atoms with Crippen LogP contribution < -0.4 is 0 Å². The summed E-state index contributed by atoms with van der Waals surface area (Å²) in [5.74, 6) is 0. The van der Waals surface area contributed by atoms with Crippen LogP contribution in [0.4, 0.5) is 0 Å². The normalized spacial score (nSPS) is 18.7. The minimum atomic E-state index is 0.911. The number of rotatable bonds is 1. The van der Waals surface area contributed by atoms with Crippen LogP contribution in [0.25, 0.3) is 15.8 Å². The summed E-state index contributed by atoms with van der Waals surface area (Å²) in [5.41, 5.74) is 2.61. The standard InChI is InChI=1S/C13H9BrN2S2/c14-12-11(16-6-5-15-13(16)18-12)9-7-17-10-4-2-1-3-8(9)10/h1-4,7H,5-6H2. The van der Waals surface area contributed by atoms with Gasteiger partial charge in [-0.3, -0.25) is 4.99 Å². The molecule has 0 atom stereocenters. The quantitative estimate of drug-likeness (QED) is 0.769. The van der Waals surface area contributed by atoms with E-state index in [1.165, 1.54) is 25.2 Å². The van der Waals surface area contributed by atoms with Gasteiger partial charge in [-0.25, -0.2) is 0 Å². The van der Waals surface area contributed by atoms with Crippen molar-refractivity contribution in [2.45, 2.75) is 0 Å². The monoisotopic (exact) mass is 336 g/mol. The first-order valence-corrected chi connectivity index (χ1v) is 8.20. The first kappa shape index (κ1) is 11.1. The molecule has 4 rings (SSSR count). The number of thiophene rings is 1. The van der Waals surface area contributed by atoms with E-state index >= 15 is 0 Å². The summed E-state index contributed by atoms with van der Waals surface area (Å²) in [4.78, 5) is 6.85. The van der Waals surface area contributed by atoms with E-state index in [0.717, 1.165) is 18.3 Å². The first-order valence-electron chi connectivity index (χ1n) is 5.71. The maximum Gasteiger partial charge on any atom is 0.169 e. The second kappa shape index (κ2) is 4.11. The SMILES string of the molecule is BrC1=C(c2csc3ccccc23)N2CCN=C2S1. The summed E-state index contributed by atoms with van der Waals surface area (Å²) < 4.78 is 2.53. The van der Waals surface area contributed by atoms with Crippen molar-refractivity contribution >= 4 is 60.0 Å². The Hall–Kier alpha value is -0.780. The van der Waals surface area contributed by atoms with E-state index < -0.39 is 0 Å². The van der Waals surface area contributed by atoms with Crippen LogP contribution in [0.1, 0.15) is 5.56 Å². The highest BCUT2D eigenvalue weighted by atomic mass is 79.9. The Balaban J connectivity index is 1.93. The molecule has 0 aliphatic carbocycles. The van der Waals surface area contributed by atoms with Crippen LogP contribution in [0.3, 0.4) is 0 Å². The first-order chi connectivity index (χ1) is 8.84. The Bertz CT molecular complexity index is 702. The van der Waals surface area contributed by atoms with Gasteiger partial charge in [0.15, 0.2) is 5.17 Å². The zero-order valence-electron chi connectivity index (χ0n) is 9.39. The molecular weight excluding hydrogens is 328 g/mol. The Labute approximate surface area is 122 Å². The fraction of sp³-hybridized carbons (Fsp3) is 0.154. The third kappa shape index (κ3) is 1.51. The molecule has 90 valence electrons. The molecule has 1 aromatic carbocycles. The summed E-state index contributed by atoms with van der Waals surface area (Å²) in [7, 11) is 0. The Morgan fingerprint density at radius 2 is 2.17 bits per heavy atom. The maximum atomic E-state index is 4.53. The Morgan fingerprint density at radius 1 is 1.28 bits per heavy atom. The van der Waals surface area contributed by atoms with E-state index in [0.29, 0.717) is 0 Å². The molecule has 0 amide bonds. The molecule has 2 nitrogen and oxygen atoms in total. The molecule has 0 fully saturated rings. The Morgan fingerprint density at radius 3 is 3.11 bits per heavy atom. The average molecular weight is 337 g/mol. The molecule has 0 spiro atoms. The van der Waals surface area contributed by atoms with Gasteiger partial charge in [-0.15, -0.1) is 11.3 Å². The van der Waals surface area contributed by atoms with E-state index in [1.54, 1.807) is 23.1 Å². The van der Waals surface area contributed by atoms with Crippen molar-refractivity contribution in [2.75, 3.05) is 13.1 Å². The minimum absolute atomic E-state index is 0.911. The molecule has 2 aromatic rings. The fourth-order valence-corrected chi connectivity index (χ4v) is 5.10. The number of halogens is 1. The number of benzene rings is 1. The van der Waals surface area contributed by atoms with Crippen LogP contribution >= 0.6 is 39.0 Å². The second-order valence-corrected chi connectivity index (χ2v) is 7.39. The lowest BCUT2D eigenvalue weighted by molar-refractivity contribution is 0.650. The summed E-state index contributed by atoms with van der Waals surface area (Å²) in [6.07, 6.45) is 0. The van der Waals surface area contributed by atoms with Gasteiger partial charge >= 0.3 is 0 Å². The summed E-state index contributed by atoms with van der Waals surface area (Å²) in [6, 6.07) is 8.58. The maximum absolute atomic E-state index is 4.53. The number of thioether (sulfide) groups is 1. The lowest BCUT2D eigenvalue weighted by atomic mass is 10.1. The predicted octanol–water partition coefficient (Wildman–Crippen LogP) is 4.34. The number of hydrogen-bond acceptors (Lipinski definition) is 4. The molecule has 0 unspecified atom stereocenters. The third-order valence-electron chi connectivity index (χ3n) is 3.17. The lowest BCUT2D eigenvalue weighted by Crippen LogP contribution is -2.19. The van der Waals surface area contributed by atoms with Gasteiger partial charge in [0.1, 0.15) is 0 Å². The molecule has 5 heteroatoms. The van der Waals surface area contributed by atoms with Crippen molar-refractivity contribution < 1.29 is 0 Å². The van der Waals surface area contributed by atoms with Crippen molar-refractivity contribution in [3.8, 4) is 0 Å². The van der Waals surface area contributed by atoms with Gasteiger partial charge in [-0.2, -0.15) is 0 Å². The molecule has 0 radical (unpaired) electrons. The molecule has 2 aliphatic heterocycles. The van der Waals surface area contributed by atoms with Crippen LogP contribution in [-0.4, -0.2) is 23.2 Å². The molecule has 0 saturated carbocycles. The number of aliphatic imine (C=N–C) groups is 1. The summed E-state index contributed by atoms with van der Waals surface area (Å²) in [5, 5.41) is 4.72. The van der Waals surface area contributed by atoms with E-state index in [2.05, 4.69) is 55.5 Å². The lowest BCUT2D eigenvalue weighted by Gasteiger charge is -2.15. The second-order valence-electron chi connectivity index (χ2n) is 4.19. The molecule has 0 N–H and O–H groups in total. The zero-order chi connectivity index (χ0) is 12.1. The van der Waals surface area contributed by atoms with Crippen molar-refractivity contribution in [1.29, 1.82) is 0 Å². The van der Waals surface area contributed by atoms with Crippen molar-refractivity contribution in [3.63, 3.8) is 0 Å². The summed E-state index contributed by atoms with van der Waals surface area (Å²) in [6.45, 7) is 1.91. The zero-order valence-corrected chi connectivity index (χ0v) is 12.6. The smallest absolute Gasteiger partial charge is 0.169 e. The minimum Gasteiger partial charge on any atom is -0.317 e. The van der Waals surface area contributed by atoms with E-state index in [4.69, 9.17) is 0 Å². The van der Waals surface area contributed by atoms with Crippen LogP contribution in [-0.2, 0) is 0 Å². The molecule has 1 aromatic heterocycles. The number of fused-ring (bicyclic) bond motifs is 2. The van der Waals surface area contributed by atoms with Crippen LogP contribution in [0.15, 0.2) is 38.5 Å². The molecular formula is C13H9BrN2S2. The topological polar surface area (TPSA) is 15.6 Å². The van der Waals surface area contributed by atoms with Crippen LogP contribution in [0.5, 0.6) is 0 Å². The Kier molecular flexibility index (Phi) is 2.53. The van der Waals surface area contributed by atoms with Gasteiger partial charge in [0.25, 0.3) is 0 Å². The van der Waals surface area contributed by atoms with Gasteiger partial charge in [-0.05, 0) is 33.8 Å². The van der Waals surface area contributed by atoms with Crippen LogP contribution in [0.2, 0.25) is 0 Å². The fourth-order valence-electron chi connectivity index (χ4n) is 2.37. The van der Waals surface area contributed by atoms with Gasteiger partial charge in [-0.1, -0.05) is 18.2 Å². The molecule has 0 bridgehead atoms. The average Bonchev–Trinajstić information content (AvgIpc) is 3.03. The van der Waals surface area contributed by atoms with Crippen molar-refractivity contribution in [3.05, 3.63) is 39.0 Å². The van der Waals surface area contributed by atoms with Gasteiger partial charge in [0, 0.05) is 27.6 Å². The van der Waals surface area contributed by atoms with Crippen molar-refractivity contribution in [2.24, 2.45) is 4.99 Å². The van der Waals surface area contributed by atoms with Crippen molar-refractivity contribution in [1.82, 2.24) is 4.90 Å².